The van der Waals surface area contributed by atoms with E-state index in [1.54, 1.807) is 9.13 Å². The van der Waals surface area contributed by atoms with E-state index in [-0.39, 0.29) is 18.0 Å². The quantitative estimate of drug-likeness (QED) is 0.582. The van der Waals surface area contributed by atoms with Crippen LogP contribution in [0.4, 0.5) is 5.69 Å². The van der Waals surface area contributed by atoms with E-state index in [9.17, 15) is 9.59 Å². The number of carbonyl (C=O) groups excluding carboxylic acids is 1. The highest BCUT2D eigenvalue weighted by molar-refractivity contribution is 14.1. The molecule has 25 heavy (non-hydrogen) atoms. The Bertz CT molecular complexity index is 959. The van der Waals surface area contributed by atoms with Crippen molar-refractivity contribution in [2.75, 3.05) is 5.32 Å². The van der Waals surface area contributed by atoms with E-state index < -0.39 is 0 Å². The Morgan fingerprint density at radius 3 is 2.24 bits per heavy atom. The molecule has 2 aromatic carbocycles. The van der Waals surface area contributed by atoms with E-state index in [4.69, 9.17) is 0 Å². The van der Waals surface area contributed by atoms with E-state index in [2.05, 4.69) is 27.9 Å². The van der Waals surface area contributed by atoms with Crippen LogP contribution < -0.4 is 11.0 Å². The van der Waals surface area contributed by atoms with Crippen molar-refractivity contribution in [3.05, 3.63) is 62.6 Å². The highest BCUT2D eigenvalue weighted by Crippen LogP contribution is 2.17. The number of rotatable bonds is 6. The number of carbonyl (C=O) groups is 1. The number of fused-ring (bicyclic) bond motifs is 1. The van der Waals surface area contributed by atoms with Crippen molar-refractivity contribution in [1.82, 2.24) is 9.13 Å². The van der Waals surface area contributed by atoms with E-state index in [0.29, 0.717) is 13.1 Å². The molecule has 1 aromatic heterocycles. The third-order valence-electron chi connectivity index (χ3n) is 4.08. The summed E-state index contributed by atoms with van der Waals surface area (Å²) in [6.45, 7) is 3.10. The lowest BCUT2D eigenvalue weighted by atomic mass is 10.3. The first-order valence-corrected chi connectivity index (χ1v) is 9.42. The zero-order chi connectivity index (χ0) is 17.8. The largest absolute Gasteiger partial charge is 0.329 e. The first kappa shape index (κ1) is 17.7. The van der Waals surface area contributed by atoms with Crippen molar-refractivity contribution < 1.29 is 4.79 Å². The molecule has 0 saturated carbocycles. The average Bonchev–Trinajstić information content (AvgIpc) is 2.88. The van der Waals surface area contributed by atoms with Gasteiger partial charge in [0, 0.05) is 23.1 Å². The summed E-state index contributed by atoms with van der Waals surface area (Å²) in [6.07, 6.45) is 1.14. The molecule has 0 fully saturated rings. The molecule has 0 aliphatic heterocycles. The number of para-hydroxylation sites is 3. The first-order chi connectivity index (χ1) is 12.1. The summed E-state index contributed by atoms with van der Waals surface area (Å²) >= 11 is 2.19. The summed E-state index contributed by atoms with van der Waals surface area (Å²) in [5.74, 6) is -0.0941. The molecule has 6 heteroatoms. The molecule has 5 nitrogen and oxygen atoms in total. The first-order valence-electron chi connectivity index (χ1n) is 8.34. The number of imidazole rings is 1. The standard InChI is InChI=1S/C19H20IN3O2/c1-2-12-22-16-9-5-6-10-17(16)23(19(22)25)13-11-18(24)21-15-8-4-3-7-14(15)20/h3-10H,2,11-13H2,1H3,(H,21,24). The lowest BCUT2D eigenvalue weighted by Crippen LogP contribution is -2.26. The monoisotopic (exact) mass is 449 g/mol. The van der Waals surface area contributed by atoms with Crippen LogP contribution in [0.2, 0.25) is 0 Å². The molecule has 0 radical (unpaired) electrons. The Labute approximate surface area is 159 Å². The Hall–Kier alpha value is -2.09. The molecular formula is C19H20IN3O2. The van der Waals surface area contributed by atoms with Crippen LogP contribution in [-0.4, -0.2) is 15.0 Å². The van der Waals surface area contributed by atoms with Gasteiger partial charge in [0.2, 0.25) is 5.91 Å². The van der Waals surface area contributed by atoms with Gasteiger partial charge >= 0.3 is 5.69 Å². The number of halogens is 1. The number of amides is 1. The van der Waals surface area contributed by atoms with Crippen LogP contribution in [0, 0.1) is 3.57 Å². The fraction of sp³-hybridized carbons (Fsp3) is 0.263. The van der Waals surface area contributed by atoms with Crippen LogP contribution >= 0.6 is 22.6 Å². The van der Waals surface area contributed by atoms with E-state index in [1.807, 2.05) is 55.5 Å². The van der Waals surface area contributed by atoms with Crippen LogP contribution in [0.1, 0.15) is 19.8 Å². The third kappa shape index (κ3) is 3.78. The molecule has 0 aliphatic carbocycles. The fourth-order valence-electron chi connectivity index (χ4n) is 2.92. The zero-order valence-electron chi connectivity index (χ0n) is 14.0. The van der Waals surface area contributed by atoms with Crippen molar-refractivity contribution in [3.8, 4) is 0 Å². The number of anilines is 1. The molecule has 130 valence electrons. The van der Waals surface area contributed by atoms with Gasteiger partial charge in [0.05, 0.1) is 16.7 Å². The van der Waals surface area contributed by atoms with Gasteiger partial charge in [-0.2, -0.15) is 0 Å². The minimum atomic E-state index is -0.0941. The Morgan fingerprint density at radius 2 is 1.60 bits per heavy atom. The number of nitrogens with zero attached hydrogens (tertiary/aromatic N) is 2. The van der Waals surface area contributed by atoms with Crippen LogP contribution in [0.25, 0.3) is 11.0 Å². The molecule has 1 N–H and O–H groups in total. The normalized spacial score (nSPS) is 11.0. The van der Waals surface area contributed by atoms with Crippen LogP contribution in [0.15, 0.2) is 53.3 Å². The zero-order valence-corrected chi connectivity index (χ0v) is 16.2. The van der Waals surface area contributed by atoms with E-state index >= 15 is 0 Å². The molecule has 0 saturated heterocycles. The van der Waals surface area contributed by atoms with Gasteiger partial charge in [-0.25, -0.2) is 4.79 Å². The highest BCUT2D eigenvalue weighted by Gasteiger charge is 2.13. The molecule has 0 bridgehead atoms. The molecule has 3 aromatic rings. The van der Waals surface area contributed by atoms with E-state index in [1.165, 1.54) is 0 Å². The Morgan fingerprint density at radius 1 is 1.00 bits per heavy atom. The fourth-order valence-corrected chi connectivity index (χ4v) is 3.44. The molecule has 0 unspecified atom stereocenters. The summed E-state index contributed by atoms with van der Waals surface area (Å²) < 4.78 is 4.47. The molecule has 1 amide bonds. The molecule has 0 aliphatic rings. The summed E-state index contributed by atoms with van der Waals surface area (Å²) in [5, 5.41) is 2.91. The number of hydrogen-bond acceptors (Lipinski definition) is 2. The Kier molecular flexibility index (Phi) is 5.57. The lowest BCUT2D eigenvalue weighted by Gasteiger charge is -2.07. The summed E-state index contributed by atoms with van der Waals surface area (Å²) in [7, 11) is 0. The maximum Gasteiger partial charge on any atom is 0.329 e. The second-order valence-electron chi connectivity index (χ2n) is 5.85. The average molecular weight is 449 g/mol. The second kappa shape index (κ2) is 7.86. The lowest BCUT2D eigenvalue weighted by molar-refractivity contribution is -0.116. The molecule has 0 spiro atoms. The number of aromatic nitrogens is 2. The van der Waals surface area contributed by atoms with Gasteiger partial charge in [-0.1, -0.05) is 31.2 Å². The third-order valence-corrected chi connectivity index (χ3v) is 5.02. The van der Waals surface area contributed by atoms with Gasteiger partial charge in [0.25, 0.3) is 0 Å². The molecule has 0 atom stereocenters. The second-order valence-corrected chi connectivity index (χ2v) is 7.01. The highest BCUT2D eigenvalue weighted by atomic mass is 127. The summed E-state index contributed by atoms with van der Waals surface area (Å²) in [4.78, 5) is 25.0. The molecular weight excluding hydrogens is 429 g/mol. The minimum Gasteiger partial charge on any atom is -0.325 e. The summed E-state index contributed by atoms with van der Waals surface area (Å²) in [5.41, 5.74) is 2.55. The van der Waals surface area contributed by atoms with Crippen molar-refractivity contribution in [2.24, 2.45) is 0 Å². The van der Waals surface area contributed by atoms with Gasteiger partial charge in [0.1, 0.15) is 0 Å². The predicted octanol–water partition coefficient (Wildman–Crippen LogP) is 3.85. The number of benzene rings is 2. The molecule has 1 heterocycles. The van der Waals surface area contributed by atoms with Crippen LogP contribution in [0.5, 0.6) is 0 Å². The van der Waals surface area contributed by atoms with Gasteiger partial charge in [-0.05, 0) is 53.3 Å². The number of hydrogen-bond donors (Lipinski definition) is 1. The van der Waals surface area contributed by atoms with Crippen LogP contribution in [0.3, 0.4) is 0 Å². The van der Waals surface area contributed by atoms with Crippen molar-refractivity contribution in [1.29, 1.82) is 0 Å². The molecule has 3 rings (SSSR count). The van der Waals surface area contributed by atoms with Crippen molar-refractivity contribution >= 4 is 45.2 Å². The topological polar surface area (TPSA) is 56.0 Å². The van der Waals surface area contributed by atoms with Crippen LogP contribution in [-0.2, 0) is 17.9 Å². The maximum absolute atomic E-state index is 12.7. The van der Waals surface area contributed by atoms with Gasteiger partial charge in [-0.15, -0.1) is 0 Å². The van der Waals surface area contributed by atoms with Crippen molar-refractivity contribution in [2.45, 2.75) is 32.9 Å². The Balaban J connectivity index is 1.79. The van der Waals surface area contributed by atoms with Crippen molar-refractivity contribution in [3.63, 3.8) is 0 Å². The van der Waals surface area contributed by atoms with Gasteiger partial charge in [0.15, 0.2) is 0 Å². The minimum absolute atomic E-state index is 0.0508. The smallest absolute Gasteiger partial charge is 0.325 e. The number of nitrogens with one attached hydrogen (secondary N) is 1. The SMILES string of the molecule is CCCn1c(=O)n(CCC(=O)Nc2ccccc2I)c2ccccc21. The van der Waals surface area contributed by atoms with Gasteiger partial charge < -0.3 is 5.32 Å². The number of aryl methyl sites for hydroxylation is 2. The summed E-state index contributed by atoms with van der Waals surface area (Å²) in [6, 6.07) is 15.4. The maximum atomic E-state index is 12.7. The van der Waals surface area contributed by atoms with E-state index in [0.717, 1.165) is 26.7 Å². The predicted molar refractivity (Wildman–Crippen MR) is 109 cm³/mol. The van der Waals surface area contributed by atoms with Gasteiger partial charge in [-0.3, -0.25) is 13.9 Å².